The summed E-state index contributed by atoms with van der Waals surface area (Å²) in [6.45, 7) is 0. The molecule has 0 aromatic carbocycles. The van der Waals surface area contributed by atoms with Crippen molar-refractivity contribution < 1.29 is 4.79 Å². The van der Waals surface area contributed by atoms with Gasteiger partial charge in [0.2, 0.25) is 0 Å². The van der Waals surface area contributed by atoms with Crippen LogP contribution in [0, 0.1) is 0 Å². The number of hydrogen-bond donors (Lipinski definition) is 0. The first-order chi connectivity index (χ1) is 5.88. The summed E-state index contributed by atoms with van der Waals surface area (Å²) in [5, 5.41) is 0.272. The number of nitrogens with zero attached hydrogens (tertiary/aromatic N) is 1. The van der Waals surface area contributed by atoms with Crippen molar-refractivity contribution in [2.24, 2.45) is 0 Å². The van der Waals surface area contributed by atoms with Crippen LogP contribution in [0.1, 0.15) is 18.0 Å². The Hall–Kier alpha value is -0.830. The molecule has 12 heavy (non-hydrogen) atoms. The van der Waals surface area contributed by atoms with E-state index in [1.54, 1.807) is 6.20 Å². The first-order valence-electron chi connectivity index (χ1n) is 3.95. The number of thioether (sulfide) groups is 1. The van der Waals surface area contributed by atoms with Crippen LogP contribution in [0.25, 0.3) is 0 Å². The Morgan fingerprint density at radius 3 is 3.00 bits per heavy atom. The van der Waals surface area contributed by atoms with E-state index in [0.29, 0.717) is 0 Å². The van der Waals surface area contributed by atoms with Crippen LogP contribution in [0.3, 0.4) is 0 Å². The number of rotatable bonds is 1. The first kappa shape index (κ1) is 7.80. The van der Waals surface area contributed by atoms with E-state index >= 15 is 0 Å². The van der Waals surface area contributed by atoms with Gasteiger partial charge in [0.05, 0.1) is 11.6 Å². The van der Waals surface area contributed by atoms with Crippen molar-refractivity contribution in [1.82, 2.24) is 4.98 Å². The summed E-state index contributed by atoms with van der Waals surface area (Å²) in [5.74, 6) is 0.997. The molecule has 1 unspecified atom stereocenters. The molecule has 1 aliphatic rings. The van der Waals surface area contributed by atoms with Crippen molar-refractivity contribution in [3.8, 4) is 0 Å². The molecule has 0 N–H and O–H groups in total. The lowest BCUT2D eigenvalue weighted by molar-refractivity contribution is -0.111. The highest BCUT2D eigenvalue weighted by molar-refractivity contribution is 8.14. The molecule has 0 saturated carbocycles. The molecule has 2 nitrogen and oxygen atoms in total. The van der Waals surface area contributed by atoms with Crippen molar-refractivity contribution in [3.63, 3.8) is 0 Å². The Labute approximate surface area is 75.4 Å². The van der Waals surface area contributed by atoms with Gasteiger partial charge in [-0.1, -0.05) is 17.8 Å². The summed E-state index contributed by atoms with van der Waals surface area (Å²) in [5.41, 5.74) is 0.924. The Morgan fingerprint density at radius 1 is 1.50 bits per heavy atom. The molecule has 0 spiro atoms. The third-order valence-electron chi connectivity index (χ3n) is 1.98. The monoisotopic (exact) mass is 179 g/mol. The third kappa shape index (κ3) is 1.37. The lowest BCUT2D eigenvalue weighted by atomic mass is 10.0. The zero-order valence-electron chi connectivity index (χ0n) is 6.56. The van der Waals surface area contributed by atoms with Crippen LogP contribution in [0.2, 0.25) is 0 Å². The van der Waals surface area contributed by atoms with Gasteiger partial charge < -0.3 is 0 Å². The van der Waals surface area contributed by atoms with E-state index in [-0.39, 0.29) is 11.0 Å². The van der Waals surface area contributed by atoms with Crippen molar-refractivity contribution in [1.29, 1.82) is 0 Å². The normalized spacial score (nSPS) is 23.0. The van der Waals surface area contributed by atoms with E-state index < -0.39 is 0 Å². The maximum absolute atomic E-state index is 11.3. The predicted octanol–water partition coefficient (Wildman–Crippen LogP) is 1.83. The highest BCUT2D eigenvalue weighted by Gasteiger charge is 2.27. The highest BCUT2D eigenvalue weighted by atomic mass is 32.2. The van der Waals surface area contributed by atoms with Gasteiger partial charge in [-0.05, 0) is 18.6 Å². The summed E-state index contributed by atoms with van der Waals surface area (Å²) < 4.78 is 0. The second-order valence-corrected chi connectivity index (χ2v) is 3.86. The molecule has 2 rings (SSSR count). The second-order valence-electron chi connectivity index (χ2n) is 2.76. The summed E-state index contributed by atoms with van der Waals surface area (Å²) in [6.07, 6.45) is 2.69. The molecule has 1 aliphatic heterocycles. The molecular weight excluding hydrogens is 170 g/mol. The van der Waals surface area contributed by atoms with Gasteiger partial charge in [-0.2, -0.15) is 0 Å². The molecule has 0 bridgehead atoms. The van der Waals surface area contributed by atoms with Crippen LogP contribution in [-0.4, -0.2) is 15.9 Å². The van der Waals surface area contributed by atoms with E-state index in [1.807, 2.05) is 18.2 Å². The number of carbonyl (C=O) groups excluding carboxylic acids is 1. The summed E-state index contributed by atoms with van der Waals surface area (Å²) in [6, 6.07) is 5.73. The molecule has 1 aromatic rings. The molecule has 2 heterocycles. The number of aromatic nitrogens is 1. The van der Waals surface area contributed by atoms with Gasteiger partial charge in [-0.25, -0.2) is 0 Å². The van der Waals surface area contributed by atoms with Crippen LogP contribution in [0.5, 0.6) is 0 Å². The van der Waals surface area contributed by atoms with Crippen LogP contribution in [-0.2, 0) is 4.79 Å². The zero-order chi connectivity index (χ0) is 8.39. The Bertz CT molecular complexity index is 286. The highest BCUT2D eigenvalue weighted by Crippen LogP contribution is 2.32. The zero-order valence-corrected chi connectivity index (χ0v) is 7.38. The van der Waals surface area contributed by atoms with Crippen molar-refractivity contribution >= 4 is 16.9 Å². The van der Waals surface area contributed by atoms with E-state index in [2.05, 4.69) is 4.98 Å². The predicted molar refractivity (Wildman–Crippen MR) is 49.1 cm³/mol. The molecule has 1 fully saturated rings. The molecule has 1 atom stereocenters. The van der Waals surface area contributed by atoms with Crippen molar-refractivity contribution in [2.75, 3.05) is 5.75 Å². The fourth-order valence-electron chi connectivity index (χ4n) is 1.35. The maximum Gasteiger partial charge on any atom is 0.198 e. The summed E-state index contributed by atoms with van der Waals surface area (Å²) >= 11 is 1.42. The minimum atomic E-state index is 0.0520. The largest absolute Gasteiger partial charge is 0.286 e. The maximum atomic E-state index is 11.3. The smallest absolute Gasteiger partial charge is 0.198 e. The van der Waals surface area contributed by atoms with Crippen LogP contribution in [0.15, 0.2) is 24.4 Å². The van der Waals surface area contributed by atoms with E-state index in [0.717, 1.165) is 17.9 Å². The average molecular weight is 179 g/mol. The lowest BCUT2D eigenvalue weighted by Gasteiger charge is -2.03. The van der Waals surface area contributed by atoms with Crippen LogP contribution in [0.4, 0.5) is 0 Å². The van der Waals surface area contributed by atoms with Gasteiger partial charge in [0.15, 0.2) is 5.12 Å². The van der Waals surface area contributed by atoms with Gasteiger partial charge in [0.25, 0.3) is 0 Å². The topological polar surface area (TPSA) is 30.0 Å². The van der Waals surface area contributed by atoms with Crippen LogP contribution >= 0.6 is 11.8 Å². The second kappa shape index (κ2) is 3.27. The number of hydrogen-bond acceptors (Lipinski definition) is 3. The molecule has 1 saturated heterocycles. The molecule has 62 valence electrons. The van der Waals surface area contributed by atoms with Gasteiger partial charge in [0.1, 0.15) is 0 Å². The van der Waals surface area contributed by atoms with Gasteiger partial charge in [-0.15, -0.1) is 0 Å². The fourth-order valence-corrected chi connectivity index (χ4v) is 2.34. The summed E-state index contributed by atoms with van der Waals surface area (Å²) in [7, 11) is 0. The first-order valence-corrected chi connectivity index (χ1v) is 4.94. The summed E-state index contributed by atoms with van der Waals surface area (Å²) in [4.78, 5) is 15.5. The Morgan fingerprint density at radius 2 is 2.42 bits per heavy atom. The standard InChI is InChI=1S/C9H9NOS/c11-9-7(4-6-12-9)8-3-1-2-5-10-8/h1-3,5,7H,4,6H2. The van der Waals surface area contributed by atoms with Gasteiger partial charge in [-0.3, -0.25) is 9.78 Å². The third-order valence-corrected chi connectivity index (χ3v) is 2.99. The molecule has 3 heteroatoms. The molecule has 0 aliphatic carbocycles. The van der Waals surface area contributed by atoms with E-state index in [4.69, 9.17) is 0 Å². The SMILES string of the molecule is O=C1SCCC1c1ccccn1. The van der Waals surface area contributed by atoms with E-state index in [1.165, 1.54) is 11.8 Å². The minimum Gasteiger partial charge on any atom is -0.286 e. The lowest BCUT2D eigenvalue weighted by Crippen LogP contribution is -2.03. The average Bonchev–Trinajstić information content (AvgIpc) is 2.53. The molecule has 1 aromatic heterocycles. The Balaban J connectivity index is 2.25. The quantitative estimate of drug-likeness (QED) is 0.658. The molecule has 0 radical (unpaired) electrons. The van der Waals surface area contributed by atoms with Crippen LogP contribution < -0.4 is 0 Å². The molecular formula is C9H9NOS. The van der Waals surface area contributed by atoms with E-state index in [9.17, 15) is 4.79 Å². The van der Waals surface area contributed by atoms with Crippen molar-refractivity contribution in [3.05, 3.63) is 30.1 Å². The number of carbonyl (C=O) groups is 1. The fraction of sp³-hybridized carbons (Fsp3) is 0.333. The number of pyridine rings is 1. The van der Waals surface area contributed by atoms with Gasteiger partial charge >= 0.3 is 0 Å². The van der Waals surface area contributed by atoms with Crippen molar-refractivity contribution in [2.45, 2.75) is 12.3 Å². The van der Waals surface area contributed by atoms with Gasteiger partial charge in [0, 0.05) is 11.9 Å². The Kier molecular flexibility index (Phi) is 2.13. The molecule has 0 amide bonds. The minimum absolute atomic E-state index is 0.0520.